The van der Waals surface area contributed by atoms with Crippen LogP contribution in [0.3, 0.4) is 0 Å². The van der Waals surface area contributed by atoms with Crippen molar-refractivity contribution in [2.45, 2.75) is 6.54 Å². The van der Waals surface area contributed by atoms with Gasteiger partial charge in [0.05, 0.1) is 21.8 Å². The fourth-order valence-corrected chi connectivity index (χ4v) is 2.88. The molecular formula is C16H12N4O4S. The lowest BCUT2D eigenvalue weighted by atomic mass is 10.2. The maximum Gasteiger partial charge on any atom is 0.292 e. The summed E-state index contributed by atoms with van der Waals surface area (Å²) < 4.78 is 1.14. The molecule has 1 N–H and O–H groups in total. The van der Waals surface area contributed by atoms with Gasteiger partial charge in [-0.05, 0) is 17.5 Å². The molecule has 126 valence electrons. The van der Waals surface area contributed by atoms with Crippen LogP contribution >= 0.6 is 11.3 Å². The van der Waals surface area contributed by atoms with Crippen LogP contribution in [-0.2, 0) is 11.3 Å². The van der Waals surface area contributed by atoms with Crippen LogP contribution < -0.4 is 10.9 Å². The van der Waals surface area contributed by atoms with Crippen molar-refractivity contribution in [3.63, 3.8) is 0 Å². The lowest BCUT2D eigenvalue weighted by molar-refractivity contribution is -0.383. The number of amides is 1. The van der Waals surface area contributed by atoms with Gasteiger partial charge >= 0.3 is 0 Å². The van der Waals surface area contributed by atoms with Crippen molar-refractivity contribution in [2.24, 2.45) is 0 Å². The van der Waals surface area contributed by atoms with Crippen LogP contribution in [-0.4, -0.2) is 20.4 Å². The fourth-order valence-electron chi connectivity index (χ4n) is 2.19. The minimum absolute atomic E-state index is 0.0775. The standard InChI is InChI=1S/C16H12N4O4S/c21-15(18-11-4-1-2-5-13(11)20(23)24)9-19-10-17-12(8-16(19)22)14-6-3-7-25-14/h1-8,10H,9H2,(H,18,21). The molecule has 3 aromatic rings. The number of nitrogens with zero attached hydrogens (tertiary/aromatic N) is 3. The third-order valence-electron chi connectivity index (χ3n) is 3.34. The quantitative estimate of drug-likeness (QED) is 0.558. The molecule has 2 aromatic heterocycles. The normalized spacial score (nSPS) is 10.4. The molecule has 0 saturated carbocycles. The number of nitro benzene ring substituents is 1. The highest BCUT2D eigenvalue weighted by molar-refractivity contribution is 7.13. The Morgan fingerprint density at radius 1 is 1.28 bits per heavy atom. The number of carbonyl (C=O) groups excluding carboxylic acids is 1. The molecule has 0 bridgehead atoms. The number of nitrogens with one attached hydrogen (secondary N) is 1. The number of hydrogen-bond donors (Lipinski definition) is 1. The Morgan fingerprint density at radius 2 is 2.08 bits per heavy atom. The molecule has 25 heavy (non-hydrogen) atoms. The molecule has 0 radical (unpaired) electrons. The summed E-state index contributed by atoms with van der Waals surface area (Å²) in [6.45, 7) is -0.289. The minimum Gasteiger partial charge on any atom is -0.319 e. The lowest BCUT2D eigenvalue weighted by Gasteiger charge is -2.08. The molecule has 0 fully saturated rings. The molecule has 3 rings (SSSR count). The molecule has 9 heteroatoms. The summed E-state index contributed by atoms with van der Waals surface area (Å²) in [6.07, 6.45) is 1.29. The number of para-hydroxylation sites is 2. The second-order valence-electron chi connectivity index (χ2n) is 5.04. The topological polar surface area (TPSA) is 107 Å². The van der Waals surface area contributed by atoms with Crippen LogP contribution in [0.2, 0.25) is 0 Å². The first-order valence-electron chi connectivity index (χ1n) is 7.18. The van der Waals surface area contributed by atoms with Crippen LogP contribution in [0.1, 0.15) is 0 Å². The summed E-state index contributed by atoms with van der Waals surface area (Å²) in [6, 6.07) is 10.9. The number of hydrogen-bond acceptors (Lipinski definition) is 6. The Hall–Kier alpha value is -3.33. The zero-order valence-electron chi connectivity index (χ0n) is 12.8. The Balaban J connectivity index is 1.76. The highest BCUT2D eigenvalue weighted by Crippen LogP contribution is 2.23. The van der Waals surface area contributed by atoms with E-state index in [4.69, 9.17) is 0 Å². The largest absolute Gasteiger partial charge is 0.319 e. The van der Waals surface area contributed by atoms with Gasteiger partial charge < -0.3 is 5.32 Å². The van der Waals surface area contributed by atoms with Crippen molar-refractivity contribution in [1.29, 1.82) is 0 Å². The van der Waals surface area contributed by atoms with Crippen molar-refractivity contribution in [3.8, 4) is 10.6 Å². The maximum absolute atomic E-state index is 12.1. The molecule has 1 aromatic carbocycles. The fraction of sp³-hybridized carbons (Fsp3) is 0.0625. The van der Waals surface area contributed by atoms with Crippen LogP contribution in [0.5, 0.6) is 0 Å². The Kier molecular flexibility index (Phi) is 4.66. The number of thiophene rings is 1. The summed E-state index contributed by atoms with van der Waals surface area (Å²) >= 11 is 1.46. The van der Waals surface area contributed by atoms with Gasteiger partial charge in [-0.1, -0.05) is 18.2 Å². The first-order valence-corrected chi connectivity index (χ1v) is 8.06. The monoisotopic (exact) mass is 356 g/mol. The molecule has 0 spiro atoms. The number of anilines is 1. The number of nitro groups is 1. The molecule has 2 heterocycles. The third kappa shape index (κ3) is 3.78. The third-order valence-corrected chi connectivity index (χ3v) is 4.23. The summed E-state index contributed by atoms with van der Waals surface area (Å²) in [5.41, 5.74) is 0.0227. The zero-order valence-corrected chi connectivity index (χ0v) is 13.6. The molecule has 0 atom stereocenters. The van der Waals surface area contributed by atoms with E-state index in [1.54, 1.807) is 6.07 Å². The minimum atomic E-state index is -0.584. The van der Waals surface area contributed by atoms with E-state index in [0.717, 1.165) is 9.44 Å². The molecule has 8 nitrogen and oxygen atoms in total. The number of aromatic nitrogens is 2. The van der Waals surface area contributed by atoms with Crippen molar-refractivity contribution in [2.75, 3.05) is 5.32 Å². The SMILES string of the molecule is O=C(Cn1cnc(-c2cccs2)cc1=O)Nc1ccccc1[N+](=O)[O-]. The first-order chi connectivity index (χ1) is 12.0. The Labute approximate surface area is 145 Å². The molecule has 1 amide bonds. The average molecular weight is 356 g/mol. The molecule has 0 aliphatic carbocycles. The van der Waals surface area contributed by atoms with Gasteiger partial charge in [0.1, 0.15) is 12.2 Å². The van der Waals surface area contributed by atoms with E-state index < -0.39 is 10.8 Å². The van der Waals surface area contributed by atoms with Gasteiger partial charge in [0.2, 0.25) is 5.91 Å². The van der Waals surface area contributed by atoms with Crippen LogP contribution in [0, 0.1) is 10.1 Å². The van der Waals surface area contributed by atoms with Crippen LogP contribution in [0.4, 0.5) is 11.4 Å². The Morgan fingerprint density at radius 3 is 2.76 bits per heavy atom. The van der Waals surface area contributed by atoms with Crippen molar-refractivity contribution >= 4 is 28.6 Å². The van der Waals surface area contributed by atoms with Gasteiger partial charge in [0.25, 0.3) is 11.2 Å². The van der Waals surface area contributed by atoms with E-state index in [-0.39, 0.29) is 23.5 Å². The summed E-state index contributed by atoms with van der Waals surface area (Å²) in [5.74, 6) is -0.554. The number of rotatable bonds is 5. The van der Waals surface area contributed by atoms with E-state index in [1.807, 2.05) is 17.5 Å². The van der Waals surface area contributed by atoms with Gasteiger partial charge in [-0.2, -0.15) is 0 Å². The van der Waals surface area contributed by atoms with Gasteiger partial charge in [0, 0.05) is 12.1 Å². The smallest absolute Gasteiger partial charge is 0.292 e. The highest BCUT2D eigenvalue weighted by Gasteiger charge is 2.15. The van der Waals surface area contributed by atoms with Gasteiger partial charge in [-0.3, -0.25) is 24.3 Å². The molecule has 0 aliphatic rings. The van der Waals surface area contributed by atoms with Crippen LogP contribution in [0.25, 0.3) is 10.6 Å². The average Bonchev–Trinajstić information content (AvgIpc) is 3.11. The number of carbonyl (C=O) groups is 1. The van der Waals surface area contributed by atoms with E-state index in [2.05, 4.69) is 10.3 Å². The van der Waals surface area contributed by atoms with E-state index in [0.29, 0.717) is 5.69 Å². The highest BCUT2D eigenvalue weighted by atomic mass is 32.1. The lowest BCUT2D eigenvalue weighted by Crippen LogP contribution is -2.27. The Bertz CT molecular complexity index is 982. The molecule has 0 unspecified atom stereocenters. The predicted molar refractivity (Wildman–Crippen MR) is 93.5 cm³/mol. The predicted octanol–water partition coefficient (Wildman–Crippen LogP) is 2.52. The summed E-state index contributed by atoms with van der Waals surface area (Å²) in [4.78, 5) is 39.6. The first kappa shape index (κ1) is 16.5. The van der Waals surface area contributed by atoms with Gasteiger partial charge in [0.15, 0.2) is 0 Å². The van der Waals surface area contributed by atoms with Crippen molar-refractivity contribution < 1.29 is 9.72 Å². The second kappa shape index (κ2) is 7.05. The van der Waals surface area contributed by atoms with Crippen molar-refractivity contribution in [3.05, 3.63) is 74.6 Å². The maximum atomic E-state index is 12.1. The van der Waals surface area contributed by atoms with Crippen molar-refractivity contribution in [1.82, 2.24) is 9.55 Å². The molecule has 0 aliphatic heterocycles. The van der Waals surface area contributed by atoms with E-state index in [9.17, 15) is 19.7 Å². The molecule has 0 saturated heterocycles. The van der Waals surface area contributed by atoms with Gasteiger partial charge in [-0.25, -0.2) is 4.98 Å². The van der Waals surface area contributed by atoms with E-state index >= 15 is 0 Å². The molecular weight excluding hydrogens is 344 g/mol. The zero-order chi connectivity index (χ0) is 17.8. The van der Waals surface area contributed by atoms with Crippen LogP contribution in [0.15, 0.2) is 59.0 Å². The number of benzene rings is 1. The van der Waals surface area contributed by atoms with Gasteiger partial charge in [-0.15, -0.1) is 11.3 Å². The second-order valence-corrected chi connectivity index (χ2v) is 5.99. The summed E-state index contributed by atoms with van der Waals surface area (Å²) in [7, 11) is 0. The van der Waals surface area contributed by atoms with E-state index in [1.165, 1.54) is 41.9 Å². The summed E-state index contributed by atoms with van der Waals surface area (Å²) in [5, 5.41) is 15.3.